The van der Waals surface area contributed by atoms with E-state index >= 15 is 0 Å². The van der Waals surface area contributed by atoms with Crippen LogP contribution in [0.5, 0.6) is 17.2 Å². The summed E-state index contributed by atoms with van der Waals surface area (Å²) in [5.74, 6) is 0.632. The zero-order chi connectivity index (χ0) is 23.8. The van der Waals surface area contributed by atoms with Gasteiger partial charge >= 0.3 is 0 Å². The number of rotatable bonds is 8. The number of hydrogen-bond acceptors (Lipinski definition) is 6. The van der Waals surface area contributed by atoms with E-state index in [0.717, 1.165) is 0 Å². The Morgan fingerprint density at radius 3 is 2.12 bits per heavy atom. The summed E-state index contributed by atoms with van der Waals surface area (Å²) < 4.78 is 15.9. The van der Waals surface area contributed by atoms with Crippen molar-refractivity contribution in [3.05, 3.63) is 82.4 Å². The van der Waals surface area contributed by atoms with Crippen LogP contribution >= 0.6 is 11.6 Å². The van der Waals surface area contributed by atoms with E-state index in [1.165, 1.54) is 27.5 Å². The van der Waals surface area contributed by atoms with E-state index in [-0.39, 0.29) is 5.91 Å². The molecule has 33 heavy (non-hydrogen) atoms. The van der Waals surface area contributed by atoms with Crippen molar-refractivity contribution < 1.29 is 23.8 Å². The maximum Gasteiger partial charge on any atom is 0.271 e. The van der Waals surface area contributed by atoms with E-state index in [9.17, 15) is 9.59 Å². The van der Waals surface area contributed by atoms with Crippen molar-refractivity contribution in [3.8, 4) is 17.2 Å². The molecule has 0 saturated heterocycles. The molecule has 170 valence electrons. The van der Waals surface area contributed by atoms with Crippen LogP contribution in [0.4, 0.5) is 5.69 Å². The average molecular weight is 468 g/mol. The molecule has 3 aromatic rings. The Kier molecular flexibility index (Phi) is 7.88. The summed E-state index contributed by atoms with van der Waals surface area (Å²) in [6.45, 7) is 0. The number of carbonyl (C=O) groups excluding carboxylic acids is 2. The van der Waals surface area contributed by atoms with Crippen LogP contribution in [0.15, 0.2) is 65.8 Å². The first-order valence-corrected chi connectivity index (χ1v) is 10.1. The second-order valence-electron chi connectivity index (χ2n) is 6.70. The minimum atomic E-state index is -0.443. The Morgan fingerprint density at radius 2 is 1.52 bits per heavy atom. The molecule has 0 heterocycles. The maximum absolute atomic E-state index is 12.5. The molecule has 0 aliphatic carbocycles. The Bertz CT molecular complexity index is 1150. The second-order valence-corrected chi connectivity index (χ2v) is 7.14. The van der Waals surface area contributed by atoms with Gasteiger partial charge in [-0.15, -0.1) is 0 Å². The smallest absolute Gasteiger partial charge is 0.271 e. The highest BCUT2D eigenvalue weighted by molar-refractivity contribution is 6.30. The standard InChI is InChI=1S/C24H22ClN3O5/c1-31-20-11-15(12-21(32-2)22(20)33-3)14-26-28-24(30)17-5-4-6-19(13-17)27-23(29)16-7-9-18(25)10-8-16/h4-14H,1-3H3,(H,27,29)(H,28,30)/b26-14-. The normalized spacial score (nSPS) is 10.5. The highest BCUT2D eigenvalue weighted by Gasteiger charge is 2.13. The van der Waals surface area contributed by atoms with Crippen molar-refractivity contribution in [1.82, 2.24) is 5.43 Å². The number of halogens is 1. The molecule has 3 rings (SSSR count). The first kappa shape index (κ1) is 23.6. The number of nitrogens with zero attached hydrogens (tertiary/aromatic N) is 1. The third-order valence-electron chi connectivity index (χ3n) is 4.56. The Hall–Kier alpha value is -4.04. The molecule has 0 aromatic heterocycles. The number of carbonyl (C=O) groups is 2. The molecule has 0 aliphatic rings. The monoisotopic (exact) mass is 467 g/mol. The van der Waals surface area contributed by atoms with Gasteiger partial charge in [-0.3, -0.25) is 9.59 Å². The van der Waals surface area contributed by atoms with Crippen molar-refractivity contribution in [1.29, 1.82) is 0 Å². The predicted octanol–water partition coefficient (Wildman–Crippen LogP) is 4.38. The molecule has 0 fully saturated rings. The SMILES string of the molecule is COc1cc(/C=N\NC(=O)c2cccc(NC(=O)c3ccc(Cl)cc3)c2)cc(OC)c1OC. The van der Waals surface area contributed by atoms with E-state index in [0.29, 0.717) is 44.6 Å². The van der Waals surface area contributed by atoms with Gasteiger partial charge in [-0.05, 0) is 54.6 Å². The Labute approximate surface area is 196 Å². The van der Waals surface area contributed by atoms with Crippen molar-refractivity contribution >= 4 is 35.3 Å². The fourth-order valence-electron chi connectivity index (χ4n) is 2.95. The molecule has 0 aliphatic heterocycles. The third kappa shape index (κ3) is 6.02. The fraction of sp³-hybridized carbons (Fsp3) is 0.125. The Morgan fingerprint density at radius 1 is 0.848 bits per heavy atom. The molecule has 8 nitrogen and oxygen atoms in total. The van der Waals surface area contributed by atoms with E-state index in [4.69, 9.17) is 25.8 Å². The number of anilines is 1. The van der Waals surface area contributed by atoms with Crippen molar-refractivity contribution in [2.24, 2.45) is 5.10 Å². The quantitative estimate of drug-likeness (QED) is 0.378. The van der Waals surface area contributed by atoms with Crippen LogP contribution in [0.3, 0.4) is 0 Å². The van der Waals surface area contributed by atoms with Gasteiger partial charge in [0.1, 0.15) is 0 Å². The molecule has 9 heteroatoms. The first-order chi connectivity index (χ1) is 15.9. The van der Waals surface area contributed by atoms with Crippen LogP contribution in [-0.2, 0) is 0 Å². The number of nitrogens with one attached hydrogen (secondary N) is 2. The lowest BCUT2D eigenvalue weighted by Crippen LogP contribution is -2.18. The molecule has 0 bridgehead atoms. The molecule has 3 aromatic carbocycles. The first-order valence-electron chi connectivity index (χ1n) is 9.75. The lowest BCUT2D eigenvalue weighted by Gasteiger charge is -2.12. The van der Waals surface area contributed by atoms with Gasteiger partial charge in [0.25, 0.3) is 11.8 Å². The molecule has 0 radical (unpaired) electrons. The number of hydrogen-bond donors (Lipinski definition) is 2. The average Bonchev–Trinajstić information content (AvgIpc) is 2.83. The zero-order valence-corrected chi connectivity index (χ0v) is 19.0. The van der Waals surface area contributed by atoms with Gasteiger partial charge < -0.3 is 19.5 Å². The zero-order valence-electron chi connectivity index (χ0n) is 18.2. The molecule has 0 spiro atoms. The van der Waals surface area contributed by atoms with Gasteiger partial charge in [0.2, 0.25) is 5.75 Å². The van der Waals surface area contributed by atoms with Gasteiger partial charge in [0.15, 0.2) is 11.5 Å². The van der Waals surface area contributed by atoms with E-state index in [1.807, 2.05) is 0 Å². The van der Waals surface area contributed by atoms with Crippen molar-refractivity contribution in [2.75, 3.05) is 26.6 Å². The molecule has 0 unspecified atom stereocenters. The minimum Gasteiger partial charge on any atom is -0.493 e. The number of benzene rings is 3. The number of ether oxygens (including phenoxy) is 3. The minimum absolute atomic E-state index is 0.315. The summed E-state index contributed by atoms with van der Waals surface area (Å²) in [6.07, 6.45) is 1.45. The summed E-state index contributed by atoms with van der Waals surface area (Å²) in [5.41, 5.74) is 4.33. The van der Waals surface area contributed by atoms with Crippen molar-refractivity contribution in [3.63, 3.8) is 0 Å². The second kappa shape index (κ2) is 11.0. The lowest BCUT2D eigenvalue weighted by atomic mass is 10.1. The summed E-state index contributed by atoms with van der Waals surface area (Å²) in [6, 6.07) is 16.4. The van der Waals surface area contributed by atoms with Crippen LogP contribution in [0.1, 0.15) is 26.3 Å². The topological polar surface area (TPSA) is 98.2 Å². The molecular weight excluding hydrogens is 446 g/mol. The third-order valence-corrected chi connectivity index (χ3v) is 4.81. The lowest BCUT2D eigenvalue weighted by molar-refractivity contribution is 0.0953. The summed E-state index contributed by atoms with van der Waals surface area (Å²) in [4.78, 5) is 24.9. The van der Waals surface area contributed by atoms with Crippen LogP contribution in [0.25, 0.3) is 0 Å². The van der Waals surface area contributed by atoms with Gasteiger partial charge in [-0.25, -0.2) is 5.43 Å². The van der Waals surface area contributed by atoms with Gasteiger partial charge in [-0.2, -0.15) is 5.10 Å². The van der Waals surface area contributed by atoms with Crippen LogP contribution in [0, 0.1) is 0 Å². The number of methoxy groups -OCH3 is 3. The summed E-state index contributed by atoms with van der Waals surface area (Å²) >= 11 is 5.85. The summed E-state index contributed by atoms with van der Waals surface area (Å²) in [7, 11) is 4.54. The van der Waals surface area contributed by atoms with Gasteiger partial charge in [0.05, 0.1) is 27.5 Å². The van der Waals surface area contributed by atoms with E-state index in [1.54, 1.807) is 60.7 Å². The van der Waals surface area contributed by atoms with Gasteiger partial charge in [-0.1, -0.05) is 17.7 Å². The van der Waals surface area contributed by atoms with Crippen LogP contribution in [0.2, 0.25) is 5.02 Å². The van der Waals surface area contributed by atoms with Crippen LogP contribution in [-0.4, -0.2) is 39.4 Å². The van der Waals surface area contributed by atoms with E-state index in [2.05, 4.69) is 15.8 Å². The fourth-order valence-corrected chi connectivity index (χ4v) is 3.07. The molecule has 0 saturated carbocycles. The highest BCUT2D eigenvalue weighted by Crippen LogP contribution is 2.37. The molecule has 0 atom stereocenters. The largest absolute Gasteiger partial charge is 0.493 e. The maximum atomic E-state index is 12.5. The summed E-state index contributed by atoms with van der Waals surface area (Å²) in [5, 5.41) is 7.28. The predicted molar refractivity (Wildman–Crippen MR) is 127 cm³/mol. The molecule has 2 amide bonds. The van der Waals surface area contributed by atoms with Crippen LogP contribution < -0.4 is 25.0 Å². The molecular formula is C24H22ClN3O5. The van der Waals surface area contributed by atoms with Crippen molar-refractivity contribution in [2.45, 2.75) is 0 Å². The number of hydrazone groups is 1. The highest BCUT2D eigenvalue weighted by atomic mass is 35.5. The Balaban J connectivity index is 1.68. The number of amides is 2. The van der Waals surface area contributed by atoms with Gasteiger partial charge in [0, 0.05) is 27.4 Å². The molecule has 2 N–H and O–H groups in total. The van der Waals surface area contributed by atoms with E-state index < -0.39 is 5.91 Å².